The summed E-state index contributed by atoms with van der Waals surface area (Å²) >= 11 is 0. The zero-order valence-electron chi connectivity index (χ0n) is 8.97. The van der Waals surface area contributed by atoms with E-state index in [-0.39, 0.29) is 0 Å². The molecule has 3 nitrogen and oxygen atoms in total. The van der Waals surface area contributed by atoms with E-state index in [0.717, 1.165) is 16.5 Å². The molecule has 2 aromatic rings. The summed E-state index contributed by atoms with van der Waals surface area (Å²) in [6, 6.07) is 14.0. The molecule has 16 heavy (non-hydrogen) atoms. The van der Waals surface area contributed by atoms with E-state index in [1.54, 1.807) is 0 Å². The smallest absolute Gasteiger partial charge is 0.127 e. The highest BCUT2D eigenvalue weighted by Gasteiger charge is 2.01. The molecule has 0 fully saturated rings. The summed E-state index contributed by atoms with van der Waals surface area (Å²) < 4.78 is 5.59. The first-order chi connectivity index (χ1) is 7.77. The lowest BCUT2D eigenvalue weighted by Crippen LogP contribution is -2.21. The summed E-state index contributed by atoms with van der Waals surface area (Å²) in [6.45, 7) is 0.422. The Hall–Kier alpha value is -1.58. The minimum absolute atomic E-state index is 0.422. The van der Waals surface area contributed by atoms with Gasteiger partial charge in [0.1, 0.15) is 12.0 Å². The number of nitrogens with two attached hydrogens (primary N) is 1. The Bertz CT molecular complexity index is 463. The maximum atomic E-state index is 8.94. The fraction of sp³-hybridized carbons (Fsp3) is 0.231. The minimum Gasteiger partial charge on any atom is -0.493 e. The largest absolute Gasteiger partial charge is 0.493 e. The molecule has 0 aromatic heterocycles. The third-order valence-corrected chi connectivity index (χ3v) is 2.42. The van der Waals surface area contributed by atoms with Crippen LogP contribution < -0.4 is 10.5 Å². The van der Waals surface area contributed by atoms with Gasteiger partial charge < -0.3 is 15.6 Å². The summed E-state index contributed by atoms with van der Waals surface area (Å²) in [5.41, 5.74) is 5.24. The molecule has 2 aromatic carbocycles. The molecule has 84 valence electrons. The molecular weight excluding hydrogens is 202 g/mol. The predicted octanol–water partition coefficient (Wildman–Crippen LogP) is 1.89. The fourth-order valence-electron chi connectivity index (χ4n) is 1.61. The van der Waals surface area contributed by atoms with Gasteiger partial charge in [0.05, 0.1) is 6.61 Å². The lowest BCUT2D eigenvalue weighted by atomic mass is 10.1. The summed E-state index contributed by atoms with van der Waals surface area (Å²) in [4.78, 5) is 0. The van der Waals surface area contributed by atoms with Crippen molar-refractivity contribution in [3.05, 3.63) is 42.5 Å². The van der Waals surface area contributed by atoms with Crippen molar-refractivity contribution in [1.82, 2.24) is 0 Å². The third-order valence-electron chi connectivity index (χ3n) is 2.42. The molecule has 0 aliphatic heterocycles. The van der Waals surface area contributed by atoms with Crippen LogP contribution in [-0.2, 0) is 0 Å². The second kappa shape index (κ2) is 4.96. The SMILES string of the molecule is NC(O)CCOc1cccc2ccccc12. The van der Waals surface area contributed by atoms with Crippen LogP contribution in [0.2, 0.25) is 0 Å². The highest BCUT2D eigenvalue weighted by molar-refractivity contribution is 5.88. The molecule has 0 bridgehead atoms. The molecule has 0 spiro atoms. The van der Waals surface area contributed by atoms with E-state index in [1.807, 2.05) is 42.5 Å². The number of hydrogen-bond donors (Lipinski definition) is 2. The summed E-state index contributed by atoms with van der Waals surface area (Å²) in [7, 11) is 0. The summed E-state index contributed by atoms with van der Waals surface area (Å²) in [5.74, 6) is 0.832. The van der Waals surface area contributed by atoms with Crippen LogP contribution in [-0.4, -0.2) is 17.9 Å². The summed E-state index contributed by atoms with van der Waals surface area (Å²) in [5, 5.41) is 11.2. The molecule has 1 unspecified atom stereocenters. The maximum absolute atomic E-state index is 8.94. The standard InChI is InChI=1S/C13H15NO2/c14-13(15)8-9-16-12-7-3-5-10-4-1-2-6-11(10)12/h1-7,13,15H,8-9,14H2. The van der Waals surface area contributed by atoms with E-state index in [1.165, 1.54) is 0 Å². The van der Waals surface area contributed by atoms with Crippen molar-refractivity contribution in [3.63, 3.8) is 0 Å². The van der Waals surface area contributed by atoms with Gasteiger partial charge in [-0.15, -0.1) is 0 Å². The van der Waals surface area contributed by atoms with E-state index in [9.17, 15) is 0 Å². The van der Waals surface area contributed by atoms with E-state index >= 15 is 0 Å². The van der Waals surface area contributed by atoms with Gasteiger partial charge in [-0.1, -0.05) is 36.4 Å². The Balaban J connectivity index is 2.17. The van der Waals surface area contributed by atoms with Gasteiger partial charge in [0.15, 0.2) is 0 Å². The average molecular weight is 217 g/mol. The average Bonchev–Trinajstić information content (AvgIpc) is 2.29. The zero-order chi connectivity index (χ0) is 11.4. The monoisotopic (exact) mass is 217 g/mol. The Kier molecular flexibility index (Phi) is 3.39. The molecule has 0 aliphatic rings. The highest BCUT2D eigenvalue weighted by atomic mass is 16.5. The fourth-order valence-corrected chi connectivity index (χ4v) is 1.61. The Morgan fingerprint density at radius 3 is 2.69 bits per heavy atom. The van der Waals surface area contributed by atoms with Crippen LogP contribution in [0.3, 0.4) is 0 Å². The third kappa shape index (κ3) is 2.51. The Labute approximate surface area is 94.5 Å². The Morgan fingerprint density at radius 1 is 1.12 bits per heavy atom. The molecule has 0 saturated heterocycles. The molecule has 0 aliphatic carbocycles. The molecular formula is C13H15NO2. The summed E-state index contributed by atoms with van der Waals surface area (Å²) in [6.07, 6.45) is -0.376. The molecule has 0 radical (unpaired) electrons. The second-order valence-electron chi connectivity index (χ2n) is 3.68. The lowest BCUT2D eigenvalue weighted by molar-refractivity contribution is 0.146. The lowest BCUT2D eigenvalue weighted by Gasteiger charge is -2.10. The van der Waals surface area contributed by atoms with E-state index in [0.29, 0.717) is 13.0 Å². The number of aliphatic hydroxyl groups is 1. The van der Waals surface area contributed by atoms with Crippen molar-refractivity contribution < 1.29 is 9.84 Å². The maximum Gasteiger partial charge on any atom is 0.127 e. The molecule has 3 heteroatoms. The number of hydrogen-bond acceptors (Lipinski definition) is 3. The van der Waals surface area contributed by atoms with Crippen molar-refractivity contribution in [2.75, 3.05) is 6.61 Å². The minimum atomic E-state index is -0.810. The highest BCUT2D eigenvalue weighted by Crippen LogP contribution is 2.25. The second-order valence-corrected chi connectivity index (χ2v) is 3.68. The van der Waals surface area contributed by atoms with E-state index < -0.39 is 6.23 Å². The van der Waals surface area contributed by atoms with Crippen LogP contribution in [0.25, 0.3) is 10.8 Å². The van der Waals surface area contributed by atoms with Gasteiger partial charge in [0.25, 0.3) is 0 Å². The van der Waals surface area contributed by atoms with Crippen LogP contribution in [0.15, 0.2) is 42.5 Å². The number of rotatable bonds is 4. The number of aliphatic hydroxyl groups excluding tert-OH is 1. The van der Waals surface area contributed by atoms with Crippen molar-refractivity contribution in [3.8, 4) is 5.75 Å². The quantitative estimate of drug-likeness (QED) is 0.769. The van der Waals surface area contributed by atoms with Crippen LogP contribution in [0.4, 0.5) is 0 Å². The predicted molar refractivity (Wildman–Crippen MR) is 64.3 cm³/mol. The van der Waals surface area contributed by atoms with Crippen LogP contribution in [0, 0.1) is 0 Å². The van der Waals surface area contributed by atoms with Gasteiger partial charge in [-0.05, 0) is 11.5 Å². The normalized spacial score (nSPS) is 12.6. The molecule has 0 heterocycles. The van der Waals surface area contributed by atoms with Gasteiger partial charge in [0, 0.05) is 11.8 Å². The van der Waals surface area contributed by atoms with Gasteiger partial charge in [0.2, 0.25) is 0 Å². The zero-order valence-corrected chi connectivity index (χ0v) is 8.97. The van der Waals surface area contributed by atoms with Gasteiger partial charge >= 0.3 is 0 Å². The van der Waals surface area contributed by atoms with E-state index in [4.69, 9.17) is 15.6 Å². The van der Waals surface area contributed by atoms with Crippen LogP contribution in [0.1, 0.15) is 6.42 Å². The molecule has 0 saturated carbocycles. The van der Waals surface area contributed by atoms with Crippen molar-refractivity contribution in [1.29, 1.82) is 0 Å². The molecule has 3 N–H and O–H groups in total. The molecule has 1 atom stereocenters. The number of ether oxygens (including phenoxy) is 1. The van der Waals surface area contributed by atoms with Crippen molar-refractivity contribution >= 4 is 10.8 Å². The van der Waals surface area contributed by atoms with Crippen LogP contribution >= 0.6 is 0 Å². The van der Waals surface area contributed by atoms with Crippen molar-refractivity contribution in [2.24, 2.45) is 5.73 Å². The topological polar surface area (TPSA) is 55.5 Å². The van der Waals surface area contributed by atoms with Crippen molar-refractivity contribution in [2.45, 2.75) is 12.6 Å². The number of benzene rings is 2. The first-order valence-electron chi connectivity index (χ1n) is 5.31. The molecule has 2 rings (SSSR count). The van der Waals surface area contributed by atoms with Gasteiger partial charge in [-0.2, -0.15) is 0 Å². The first kappa shape index (κ1) is 10.9. The Morgan fingerprint density at radius 2 is 1.88 bits per heavy atom. The number of fused-ring (bicyclic) bond motifs is 1. The first-order valence-corrected chi connectivity index (χ1v) is 5.31. The van der Waals surface area contributed by atoms with Gasteiger partial charge in [-0.25, -0.2) is 0 Å². The van der Waals surface area contributed by atoms with Crippen LogP contribution in [0.5, 0.6) is 5.75 Å². The van der Waals surface area contributed by atoms with Gasteiger partial charge in [-0.3, -0.25) is 0 Å². The molecule has 0 amide bonds. The van der Waals surface area contributed by atoms with E-state index in [2.05, 4.69) is 0 Å².